The van der Waals surface area contributed by atoms with E-state index in [2.05, 4.69) is 15.1 Å². The van der Waals surface area contributed by atoms with E-state index in [1.54, 1.807) is 37.0 Å². The Kier molecular flexibility index (Phi) is 6.57. The van der Waals surface area contributed by atoms with Crippen molar-refractivity contribution in [2.24, 2.45) is 0 Å². The Morgan fingerprint density at radius 3 is 3.03 bits per heavy atom. The van der Waals surface area contributed by atoms with E-state index < -0.39 is 17.6 Å². The molecule has 1 N–H and O–H groups in total. The van der Waals surface area contributed by atoms with Crippen molar-refractivity contribution in [3.8, 4) is 11.3 Å². The lowest BCUT2D eigenvalue weighted by Crippen LogP contribution is -2.26. The van der Waals surface area contributed by atoms with E-state index in [0.29, 0.717) is 29.4 Å². The van der Waals surface area contributed by atoms with Crippen LogP contribution in [0.5, 0.6) is 0 Å². The molecule has 1 aliphatic rings. The van der Waals surface area contributed by atoms with Gasteiger partial charge in [0.25, 0.3) is 0 Å². The maximum Gasteiger partial charge on any atom is 0.360 e. The number of rotatable bonds is 5. The minimum atomic E-state index is -0.801. The second kappa shape index (κ2) is 9.61. The molecule has 4 heterocycles. The molecule has 4 aromatic rings. The Morgan fingerprint density at radius 2 is 2.18 bits per heavy atom. The Labute approximate surface area is 207 Å². The molecule has 178 valence electrons. The van der Waals surface area contributed by atoms with Gasteiger partial charge in [-0.05, 0) is 43.4 Å². The molecule has 8 nitrogen and oxygen atoms in total. The smallest absolute Gasteiger partial charge is 0.360 e. The van der Waals surface area contributed by atoms with Gasteiger partial charge >= 0.3 is 5.69 Å². The summed E-state index contributed by atoms with van der Waals surface area (Å²) >= 11 is 14.0. The summed E-state index contributed by atoms with van der Waals surface area (Å²) in [5, 5.41) is 4.58. The van der Waals surface area contributed by atoms with Gasteiger partial charge in [-0.1, -0.05) is 23.2 Å². The van der Waals surface area contributed by atoms with Crippen LogP contribution in [-0.2, 0) is 4.74 Å². The van der Waals surface area contributed by atoms with Crippen LogP contribution in [0.15, 0.2) is 41.5 Å². The van der Waals surface area contributed by atoms with Gasteiger partial charge in [0.1, 0.15) is 11.3 Å². The van der Waals surface area contributed by atoms with Gasteiger partial charge in [0, 0.05) is 22.3 Å². The number of aromatic nitrogens is 5. The molecule has 1 aliphatic heterocycles. The van der Waals surface area contributed by atoms with Crippen molar-refractivity contribution in [3.63, 3.8) is 0 Å². The first-order valence-electron chi connectivity index (χ1n) is 10.5. The van der Waals surface area contributed by atoms with Crippen LogP contribution in [0.25, 0.3) is 22.4 Å². The number of H-pyrrole nitrogens is 1. The van der Waals surface area contributed by atoms with Crippen molar-refractivity contribution in [3.05, 3.63) is 68.6 Å². The van der Waals surface area contributed by atoms with Crippen molar-refractivity contribution in [1.82, 2.24) is 24.5 Å². The molecule has 1 fully saturated rings. The number of ether oxygens (including phenoxy) is 1. The van der Waals surface area contributed by atoms with Crippen molar-refractivity contribution in [1.29, 1.82) is 0 Å². The van der Waals surface area contributed by atoms with Gasteiger partial charge < -0.3 is 9.57 Å². The molecular weight excluding hydrogens is 504 g/mol. The molecule has 12 heteroatoms. The van der Waals surface area contributed by atoms with Crippen LogP contribution < -0.4 is 10.5 Å². The number of nitrogens with one attached hydrogen (secondary N) is 1. The summed E-state index contributed by atoms with van der Waals surface area (Å²) in [6, 6.07) is 6.24. The van der Waals surface area contributed by atoms with E-state index in [-0.39, 0.29) is 21.7 Å². The van der Waals surface area contributed by atoms with Crippen LogP contribution in [0.3, 0.4) is 0 Å². The van der Waals surface area contributed by atoms with Crippen LogP contribution in [0.1, 0.15) is 31.1 Å². The predicted octanol–water partition coefficient (Wildman–Crippen LogP) is 4.88. The minimum absolute atomic E-state index is 0.150. The zero-order valence-corrected chi connectivity index (χ0v) is 20.3. The quantitative estimate of drug-likeness (QED) is 0.375. The molecule has 0 aliphatic carbocycles. The average molecular weight is 524 g/mol. The van der Waals surface area contributed by atoms with Gasteiger partial charge in [-0.2, -0.15) is 5.10 Å². The molecule has 1 saturated heterocycles. The molecular formula is C22H20Cl2FN5O3S. The lowest BCUT2D eigenvalue weighted by Gasteiger charge is -2.17. The van der Waals surface area contributed by atoms with Gasteiger partial charge in [0.2, 0.25) is 0 Å². The number of hydrogen-bond donors (Lipinski definition) is 1. The Hall–Kier alpha value is -2.53. The number of pyridine rings is 1. The predicted molar refractivity (Wildman–Crippen MR) is 130 cm³/mol. The number of aromatic amines is 1. The van der Waals surface area contributed by atoms with Crippen LogP contribution >= 0.6 is 35.0 Å². The van der Waals surface area contributed by atoms with Gasteiger partial charge in [0.15, 0.2) is 11.8 Å². The molecule has 34 heavy (non-hydrogen) atoms. The zero-order chi connectivity index (χ0) is 23.8. The second-order valence-electron chi connectivity index (χ2n) is 7.84. The topological polar surface area (TPSA) is 87.0 Å². The molecule has 3 aromatic heterocycles. The summed E-state index contributed by atoms with van der Waals surface area (Å²) in [6.45, 7) is 2.25. The lowest BCUT2D eigenvalue weighted by atomic mass is 10.1. The maximum absolute atomic E-state index is 13.9. The molecule has 0 radical (unpaired) electrons. The van der Waals surface area contributed by atoms with Crippen LogP contribution in [0.4, 0.5) is 4.39 Å². The fraction of sp³-hybridized carbons (Fsp3) is 0.318. The molecule has 5 rings (SSSR count). The third-order valence-corrected chi connectivity index (χ3v) is 7.17. The Bertz CT molecular complexity index is 1400. The summed E-state index contributed by atoms with van der Waals surface area (Å²) in [7, 11) is 0. The van der Waals surface area contributed by atoms with E-state index in [4.69, 9.17) is 32.8 Å². The standard InChI is InChI=1S/C22H20Cl2FN5O3S/c1-12(19-15(23)2-3-16(25)20(19)24)33-30-18-5-4-17(27-21(18)28-22(30)31)13-8-26-29(9-13)14-6-7-34-11-32-10-14/h2-5,8-9,12,14H,6-7,10-11H2,1H3,(H,27,28,31). The normalized spacial score (nSPS) is 17.6. The third-order valence-electron chi connectivity index (χ3n) is 5.60. The average Bonchev–Trinajstić information content (AvgIpc) is 3.31. The van der Waals surface area contributed by atoms with Crippen LogP contribution in [-0.4, -0.2) is 42.8 Å². The molecule has 1 aromatic carbocycles. The van der Waals surface area contributed by atoms with Gasteiger partial charge in [-0.15, -0.1) is 16.5 Å². The number of imidazole rings is 1. The van der Waals surface area contributed by atoms with Gasteiger partial charge in [-0.25, -0.2) is 14.2 Å². The monoisotopic (exact) mass is 523 g/mol. The maximum atomic E-state index is 13.9. The molecule has 2 atom stereocenters. The number of halogens is 3. The number of fused-ring (bicyclic) bond motifs is 1. The number of thioether (sulfide) groups is 1. The molecule has 0 saturated carbocycles. The fourth-order valence-electron chi connectivity index (χ4n) is 3.84. The number of nitrogens with zero attached hydrogens (tertiary/aromatic N) is 4. The molecule has 0 amide bonds. The van der Waals surface area contributed by atoms with Crippen LogP contribution in [0, 0.1) is 5.82 Å². The van der Waals surface area contributed by atoms with Crippen molar-refractivity contribution in [2.75, 3.05) is 18.3 Å². The van der Waals surface area contributed by atoms with E-state index >= 15 is 0 Å². The summed E-state index contributed by atoms with van der Waals surface area (Å²) < 4.78 is 22.5. The summed E-state index contributed by atoms with van der Waals surface area (Å²) in [4.78, 5) is 25.7. The largest absolute Gasteiger partial charge is 0.401 e. The number of hydrogen-bond acceptors (Lipinski definition) is 6. The first kappa shape index (κ1) is 23.2. The van der Waals surface area contributed by atoms with Gasteiger partial charge in [-0.3, -0.25) is 9.67 Å². The fourth-order valence-corrected chi connectivity index (χ4v) is 5.29. The molecule has 2 unspecified atom stereocenters. The second-order valence-corrected chi connectivity index (χ2v) is 9.68. The number of benzene rings is 1. The van der Waals surface area contributed by atoms with E-state index in [0.717, 1.165) is 22.5 Å². The van der Waals surface area contributed by atoms with Crippen molar-refractivity contribution < 1.29 is 14.0 Å². The Balaban J connectivity index is 1.42. The summed E-state index contributed by atoms with van der Waals surface area (Å²) in [5.74, 6) is 1.10. The summed E-state index contributed by atoms with van der Waals surface area (Å²) in [5.41, 5.74) is 1.96. The highest BCUT2D eigenvalue weighted by molar-refractivity contribution is 7.99. The van der Waals surface area contributed by atoms with E-state index in [1.165, 1.54) is 12.1 Å². The van der Waals surface area contributed by atoms with E-state index in [9.17, 15) is 9.18 Å². The highest BCUT2D eigenvalue weighted by Crippen LogP contribution is 2.33. The highest BCUT2D eigenvalue weighted by Gasteiger charge is 2.22. The van der Waals surface area contributed by atoms with Crippen LogP contribution in [0.2, 0.25) is 10.0 Å². The van der Waals surface area contributed by atoms with Crippen molar-refractivity contribution >= 4 is 46.1 Å². The molecule has 0 bridgehead atoms. The first-order chi connectivity index (χ1) is 16.4. The minimum Gasteiger partial charge on any atom is -0.401 e. The highest BCUT2D eigenvalue weighted by atomic mass is 35.5. The SMILES string of the molecule is CC(On1c(=O)[nH]c2nc(-c3cnn(C4CCSCOC4)c3)ccc21)c1c(Cl)ccc(F)c1Cl. The Morgan fingerprint density at radius 1 is 1.32 bits per heavy atom. The molecule has 0 spiro atoms. The zero-order valence-electron chi connectivity index (χ0n) is 18.0. The summed E-state index contributed by atoms with van der Waals surface area (Å²) in [6.07, 6.45) is 3.85. The third kappa shape index (κ3) is 4.43. The van der Waals surface area contributed by atoms with Gasteiger partial charge in [0.05, 0.1) is 35.5 Å². The van der Waals surface area contributed by atoms with E-state index in [1.807, 2.05) is 10.9 Å². The first-order valence-corrected chi connectivity index (χ1v) is 12.5. The van der Waals surface area contributed by atoms with Crippen molar-refractivity contribution in [2.45, 2.75) is 25.5 Å². The lowest BCUT2D eigenvalue weighted by molar-refractivity contribution is 0.0492.